The number of aromatic amines is 1. The maximum absolute atomic E-state index is 12.8. The summed E-state index contributed by atoms with van der Waals surface area (Å²) in [5.41, 5.74) is 7.27. The summed E-state index contributed by atoms with van der Waals surface area (Å²) in [6, 6.07) is 8.45. The van der Waals surface area contributed by atoms with Crippen molar-refractivity contribution in [3.05, 3.63) is 68.0 Å². The summed E-state index contributed by atoms with van der Waals surface area (Å²) >= 11 is 0. The van der Waals surface area contributed by atoms with E-state index in [-0.39, 0.29) is 29.7 Å². The first-order valence-electron chi connectivity index (χ1n) is 9.94. The van der Waals surface area contributed by atoms with Gasteiger partial charge in [0.15, 0.2) is 0 Å². The molecule has 0 aliphatic heterocycles. The number of benzene rings is 1. The highest BCUT2D eigenvalue weighted by molar-refractivity contribution is 5.92. The normalized spacial score (nSPS) is 15.7. The van der Waals surface area contributed by atoms with Crippen LogP contribution < -0.4 is 22.3 Å². The van der Waals surface area contributed by atoms with Crippen molar-refractivity contribution < 1.29 is 9.59 Å². The molecule has 0 spiro atoms. The monoisotopic (exact) mass is 409 g/mol. The van der Waals surface area contributed by atoms with Gasteiger partial charge in [-0.15, -0.1) is 0 Å². The molecule has 0 radical (unpaired) electrons. The first kappa shape index (κ1) is 19.7. The molecular weight excluding hydrogens is 386 g/mol. The number of pyridine rings is 1. The number of rotatable bonds is 5. The molecule has 0 fully saturated rings. The van der Waals surface area contributed by atoms with E-state index >= 15 is 0 Å². The Morgan fingerprint density at radius 2 is 1.90 bits per heavy atom. The molecule has 1 aliphatic carbocycles. The van der Waals surface area contributed by atoms with Gasteiger partial charge in [0.25, 0.3) is 11.5 Å². The first-order valence-corrected chi connectivity index (χ1v) is 9.94. The third-order valence-corrected chi connectivity index (χ3v) is 5.60. The van der Waals surface area contributed by atoms with Gasteiger partial charge in [0.1, 0.15) is 12.1 Å². The Morgan fingerprint density at radius 3 is 2.57 bits per heavy atom. The number of carbonyl (C=O) groups is 2. The van der Waals surface area contributed by atoms with Crippen LogP contribution in [0.4, 0.5) is 0 Å². The lowest BCUT2D eigenvalue weighted by atomic mass is 9.90. The lowest BCUT2D eigenvalue weighted by Gasteiger charge is -2.26. The van der Waals surface area contributed by atoms with E-state index in [4.69, 9.17) is 5.73 Å². The van der Waals surface area contributed by atoms with Crippen LogP contribution in [0, 0.1) is 0 Å². The predicted molar refractivity (Wildman–Crippen MR) is 111 cm³/mol. The number of H-pyrrole nitrogens is 1. The van der Waals surface area contributed by atoms with Crippen molar-refractivity contribution in [2.45, 2.75) is 45.3 Å². The van der Waals surface area contributed by atoms with Gasteiger partial charge in [-0.2, -0.15) is 0 Å². The Hall–Kier alpha value is -3.62. The Kier molecular flexibility index (Phi) is 5.03. The molecule has 2 heterocycles. The summed E-state index contributed by atoms with van der Waals surface area (Å²) < 4.78 is 3.09. The van der Waals surface area contributed by atoms with Crippen LogP contribution in [0.1, 0.15) is 47.4 Å². The second-order valence-electron chi connectivity index (χ2n) is 7.42. The molecule has 1 unspecified atom stereocenters. The molecule has 1 aliphatic rings. The van der Waals surface area contributed by atoms with Crippen molar-refractivity contribution in [1.82, 2.24) is 19.4 Å². The number of carbonyl (C=O) groups excluding carboxylic acids is 2. The largest absolute Gasteiger partial charge is 0.365 e. The molecule has 1 atom stereocenters. The van der Waals surface area contributed by atoms with E-state index < -0.39 is 11.5 Å². The number of nitrogens with zero attached hydrogens (tertiary/aromatic N) is 2. The molecule has 3 aromatic rings. The van der Waals surface area contributed by atoms with Crippen molar-refractivity contribution in [2.24, 2.45) is 5.73 Å². The van der Waals surface area contributed by atoms with Crippen LogP contribution in [0.3, 0.4) is 0 Å². The van der Waals surface area contributed by atoms with E-state index in [1.165, 1.54) is 10.6 Å². The molecule has 2 amide bonds. The number of hydrogen-bond donors (Lipinski definition) is 3. The van der Waals surface area contributed by atoms with E-state index in [9.17, 15) is 19.2 Å². The highest BCUT2D eigenvalue weighted by Gasteiger charge is 2.25. The molecule has 2 aromatic heterocycles. The fourth-order valence-electron chi connectivity index (χ4n) is 4.19. The number of fused-ring (bicyclic) bond motifs is 2. The Labute approximate surface area is 171 Å². The number of para-hydroxylation sites is 2. The van der Waals surface area contributed by atoms with Crippen LogP contribution in [0.5, 0.6) is 0 Å². The van der Waals surface area contributed by atoms with Crippen molar-refractivity contribution in [1.29, 1.82) is 0 Å². The van der Waals surface area contributed by atoms with Gasteiger partial charge >= 0.3 is 5.69 Å². The van der Waals surface area contributed by atoms with Gasteiger partial charge < -0.3 is 16.0 Å². The molecule has 0 bridgehead atoms. The molecule has 4 rings (SSSR count). The van der Waals surface area contributed by atoms with Gasteiger partial charge in [-0.3, -0.25) is 23.5 Å². The summed E-state index contributed by atoms with van der Waals surface area (Å²) in [4.78, 5) is 51.8. The van der Waals surface area contributed by atoms with Crippen LogP contribution in [0.2, 0.25) is 0 Å². The Balaban J connectivity index is 1.63. The SMILES string of the molecule is CCn1c(=O)n(CC(=O)NC2CCCc3[nH]c(=O)c(C(N)=O)cc32)c2ccccc21. The maximum Gasteiger partial charge on any atom is 0.329 e. The van der Waals surface area contributed by atoms with E-state index in [0.717, 1.165) is 11.9 Å². The van der Waals surface area contributed by atoms with E-state index in [1.54, 1.807) is 4.57 Å². The summed E-state index contributed by atoms with van der Waals surface area (Å²) in [6.07, 6.45) is 2.09. The molecule has 9 heteroatoms. The highest BCUT2D eigenvalue weighted by Crippen LogP contribution is 2.28. The van der Waals surface area contributed by atoms with Crippen molar-refractivity contribution in [2.75, 3.05) is 0 Å². The van der Waals surface area contributed by atoms with E-state index in [0.29, 0.717) is 36.2 Å². The summed E-state index contributed by atoms with van der Waals surface area (Å²) in [6.45, 7) is 2.27. The molecule has 0 saturated carbocycles. The second-order valence-corrected chi connectivity index (χ2v) is 7.42. The van der Waals surface area contributed by atoms with Crippen LogP contribution in [0.15, 0.2) is 39.9 Å². The van der Waals surface area contributed by atoms with Crippen molar-refractivity contribution >= 4 is 22.8 Å². The fourth-order valence-corrected chi connectivity index (χ4v) is 4.19. The van der Waals surface area contributed by atoms with Crippen molar-refractivity contribution in [3.8, 4) is 0 Å². The quantitative estimate of drug-likeness (QED) is 0.575. The predicted octanol–water partition coefficient (Wildman–Crippen LogP) is 0.804. The number of primary amides is 1. The fraction of sp³-hybridized carbons (Fsp3) is 0.333. The smallest absolute Gasteiger partial charge is 0.329 e. The highest BCUT2D eigenvalue weighted by atomic mass is 16.2. The standard InChI is InChI=1S/C21H23N5O4/c1-2-25-16-8-3-4-9-17(16)26(21(25)30)11-18(27)23-14-6-5-7-15-12(14)10-13(19(22)28)20(29)24-15/h3-4,8-10,14H,2,5-7,11H2,1H3,(H2,22,28)(H,23,27)(H,24,29). The van der Waals surface area contributed by atoms with Gasteiger partial charge in [-0.1, -0.05) is 12.1 Å². The van der Waals surface area contributed by atoms with E-state index in [2.05, 4.69) is 10.3 Å². The zero-order chi connectivity index (χ0) is 21.4. The minimum Gasteiger partial charge on any atom is -0.365 e. The number of nitrogens with one attached hydrogen (secondary N) is 2. The average Bonchev–Trinajstić information content (AvgIpc) is 2.98. The average molecular weight is 409 g/mol. The second kappa shape index (κ2) is 7.66. The number of imidazole rings is 1. The minimum absolute atomic E-state index is 0.121. The lowest BCUT2D eigenvalue weighted by molar-refractivity contribution is -0.122. The zero-order valence-corrected chi connectivity index (χ0v) is 16.6. The number of aromatic nitrogens is 3. The number of nitrogens with two attached hydrogens (primary N) is 1. The topological polar surface area (TPSA) is 132 Å². The van der Waals surface area contributed by atoms with Crippen molar-refractivity contribution in [3.63, 3.8) is 0 Å². The molecule has 4 N–H and O–H groups in total. The number of aryl methyl sites for hydroxylation is 2. The summed E-state index contributed by atoms with van der Waals surface area (Å²) in [5.74, 6) is -1.13. The van der Waals surface area contributed by atoms with Gasteiger partial charge in [-0.25, -0.2) is 4.79 Å². The summed E-state index contributed by atoms with van der Waals surface area (Å²) in [7, 11) is 0. The number of hydrogen-bond acceptors (Lipinski definition) is 4. The third kappa shape index (κ3) is 3.32. The third-order valence-electron chi connectivity index (χ3n) is 5.60. The maximum atomic E-state index is 12.8. The van der Waals surface area contributed by atoms with E-state index in [1.807, 2.05) is 31.2 Å². The molecule has 156 valence electrons. The molecule has 30 heavy (non-hydrogen) atoms. The molecular formula is C21H23N5O4. The first-order chi connectivity index (χ1) is 14.4. The molecule has 0 saturated heterocycles. The molecule has 9 nitrogen and oxygen atoms in total. The van der Waals surface area contributed by atoms with Crippen LogP contribution in [-0.4, -0.2) is 25.9 Å². The van der Waals surface area contributed by atoms with Gasteiger partial charge in [0.05, 0.1) is 17.1 Å². The Bertz CT molecular complexity index is 1270. The summed E-state index contributed by atoms with van der Waals surface area (Å²) in [5, 5.41) is 2.95. The Morgan fingerprint density at radius 1 is 1.20 bits per heavy atom. The number of amides is 2. The zero-order valence-electron chi connectivity index (χ0n) is 16.6. The minimum atomic E-state index is -0.811. The van der Waals surface area contributed by atoms with Gasteiger partial charge in [0, 0.05) is 12.2 Å². The van der Waals surface area contributed by atoms with Crippen LogP contribution >= 0.6 is 0 Å². The van der Waals surface area contributed by atoms with Gasteiger partial charge in [-0.05, 0) is 49.9 Å². The van der Waals surface area contributed by atoms with Gasteiger partial charge in [0.2, 0.25) is 5.91 Å². The lowest BCUT2D eigenvalue weighted by Crippen LogP contribution is -2.37. The van der Waals surface area contributed by atoms with Crippen LogP contribution in [0.25, 0.3) is 11.0 Å². The molecule has 1 aromatic carbocycles. The van der Waals surface area contributed by atoms with Crippen LogP contribution in [-0.2, 0) is 24.3 Å².